The summed E-state index contributed by atoms with van der Waals surface area (Å²) in [6.45, 7) is -0.379. The van der Waals surface area contributed by atoms with E-state index in [2.05, 4.69) is 23.5 Å². The predicted octanol–water partition coefficient (Wildman–Crippen LogP) is 5.33. The van der Waals surface area contributed by atoms with Crippen molar-refractivity contribution in [2.24, 2.45) is 11.5 Å². The first kappa shape index (κ1) is 35.0. The van der Waals surface area contributed by atoms with Gasteiger partial charge in [0.05, 0.1) is 6.61 Å². The highest BCUT2D eigenvalue weighted by Gasteiger charge is 2.02. The zero-order valence-corrected chi connectivity index (χ0v) is 22.5. The molecule has 1 amide bonds. The number of hydrogen-bond acceptors (Lipinski definition) is 5. The number of rotatable bonds is 22. The number of halogens is 1. The van der Waals surface area contributed by atoms with E-state index >= 15 is 0 Å². The minimum absolute atomic E-state index is 0.151. The first-order valence-electron chi connectivity index (χ1n) is 12.8. The van der Waals surface area contributed by atoms with E-state index < -0.39 is 13.2 Å². The van der Waals surface area contributed by atoms with Crippen LogP contribution in [0.1, 0.15) is 116 Å². The van der Waals surface area contributed by atoms with Gasteiger partial charge in [-0.1, -0.05) is 96.8 Å². The second-order valence-corrected chi connectivity index (χ2v) is 10.8. The Kier molecular flexibility index (Phi) is 28.0. The van der Waals surface area contributed by atoms with E-state index in [0.29, 0.717) is 26.1 Å². The zero-order valence-electron chi connectivity index (χ0n) is 20.8. The number of carbonyl (C=O) groups excluding carboxylic acids is 1. The van der Waals surface area contributed by atoms with Crippen molar-refractivity contribution in [3.8, 4) is 0 Å². The Hall–Kier alpha value is -0.210. The van der Waals surface area contributed by atoms with Crippen molar-refractivity contribution in [3.05, 3.63) is 0 Å². The standard InChI is InChI=1S/C23H49N3O2.ClH2O3P/c1-2-3-4-5-6-7-8-9-10-11-12-13-14-15-16-18-23(27)26-19-17-20-28-22(25)21-24;1-5(2,3)4/h22H,2-21,24-25H2,1H3,(H,26,27);(H2,2,3,4). The number of carbonyl (C=O) groups is 1. The molecule has 1 unspecified atom stereocenters. The molecule has 10 heteroatoms. The summed E-state index contributed by atoms with van der Waals surface area (Å²) in [6, 6.07) is 0. The summed E-state index contributed by atoms with van der Waals surface area (Å²) >= 11 is 4.20. The molecule has 7 N–H and O–H groups in total. The molecule has 200 valence electrons. The molecule has 0 saturated carbocycles. The van der Waals surface area contributed by atoms with Gasteiger partial charge in [-0.2, -0.15) is 0 Å². The van der Waals surface area contributed by atoms with E-state index in [9.17, 15) is 4.79 Å². The van der Waals surface area contributed by atoms with E-state index in [1.165, 1.54) is 89.9 Å². The summed E-state index contributed by atoms with van der Waals surface area (Å²) in [6.07, 6.45) is 21.2. The highest BCUT2D eigenvalue weighted by molar-refractivity contribution is 7.79. The third kappa shape index (κ3) is 39.3. The van der Waals surface area contributed by atoms with Crippen molar-refractivity contribution in [1.82, 2.24) is 5.32 Å². The fourth-order valence-corrected chi connectivity index (χ4v) is 3.35. The third-order valence-corrected chi connectivity index (χ3v) is 5.21. The van der Waals surface area contributed by atoms with Crippen molar-refractivity contribution in [3.63, 3.8) is 0 Å². The van der Waals surface area contributed by atoms with Crippen LogP contribution < -0.4 is 16.8 Å². The Morgan fingerprint density at radius 2 is 1.27 bits per heavy atom. The summed E-state index contributed by atoms with van der Waals surface area (Å²) < 4.78 is 14.4. The SMILES string of the molecule is CCCCCCCCCCCCCCCCCC(=O)NCCCOC(N)CN.O=P(O)(O)Cl. The number of nitrogens with one attached hydrogen (secondary N) is 1. The summed E-state index contributed by atoms with van der Waals surface area (Å²) in [5.41, 5.74) is 10.9. The second-order valence-electron chi connectivity index (χ2n) is 8.52. The van der Waals surface area contributed by atoms with Crippen LogP contribution >= 0.6 is 18.2 Å². The van der Waals surface area contributed by atoms with Crippen LogP contribution in [0.25, 0.3) is 0 Å². The van der Waals surface area contributed by atoms with Crippen LogP contribution in [0, 0.1) is 0 Å². The van der Waals surface area contributed by atoms with Crippen LogP contribution in [0.5, 0.6) is 0 Å². The van der Waals surface area contributed by atoms with Crippen molar-refractivity contribution in [2.75, 3.05) is 19.7 Å². The summed E-state index contributed by atoms with van der Waals surface area (Å²) in [4.78, 5) is 26.5. The van der Waals surface area contributed by atoms with Gasteiger partial charge in [-0.15, -0.1) is 0 Å². The zero-order chi connectivity index (χ0) is 25.2. The molecule has 0 aromatic carbocycles. The average molecular weight is 516 g/mol. The van der Waals surface area contributed by atoms with E-state index in [1.807, 2.05) is 0 Å². The molecule has 0 aliphatic heterocycles. The topological polar surface area (TPSA) is 148 Å². The molecule has 1 atom stereocenters. The number of ether oxygens (including phenoxy) is 1. The fourth-order valence-electron chi connectivity index (χ4n) is 3.35. The fraction of sp³-hybridized carbons (Fsp3) is 0.957. The maximum absolute atomic E-state index is 11.7. The van der Waals surface area contributed by atoms with E-state index in [1.54, 1.807) is 0 Å². The molecule has 0 bridgehead atoms. The van der Waals surface area contributed by atoms with Crippen LogP contribution in [0.2, 0.25) is 0 Å². The molecule has 0 aromatic rings. The molecule has 0 aromatic heterocycles. The van der Waals surface area contributed by atoms with Gasteiger partial charge in [0.15, 0.2) is 0 Å². The lowest BCUT2D eigenvalue weighted by Gasteiger charge is -2.10. The van der Waals surface area contributed by atoms with Crippen molar-refractivity contribution < 1.29 is 23.9 Å². The van der Waals surface area contributed by atoms with Gasteiger partial charge in [-0.3, -0.25) is 4.79 Å². The predicted molar refractivity (Wildman–Crippen MR) is 138 cm³/mol. The Morgan fingerprint density at radius 3 is 1.67 bits per heavy atom. The van der Waals surface area contributed by atoms with Crippen molar-refractivity contribution >= 4 is 24.1 Å². The lowest BCUT2D eigenvalue weighted by atomic mass is 10.0. The van der Waals surface area contributed by atoms with Crippen LogP contribution in [0.3, 0.4) is 0 Å². The van der Waals surface area contributed by atoms with E-state index in [0.717, 1.165) is 12.8 Å². The first-order valence-corrected chi connectivity index (χ1v) is 15.3. The molecule has 0 fully saturated rings. The molecule has 0 heterocycles. The first-order chi connectivity index (χ1) is 15.7. The molecular weight excluding hydrogens is 465 g/mol. The third-order valence-electron chi connectivity index (χ3n) is 5.21. The maximum atomic E-state index is 11.7. The lowest BCUT2D eigenvalue weighted by molar-refractivity contribution is -0.121. The Morgan fingerprint density at radius 1 is 0.879 bits per heavy atom. The van der Waals surface area contributed by atoms with Gasteiger partial charge in [0.2, 0.25) is 5.91 Å². The molecule has 0 radical (unpaired) electrons. The quantitative estimate of drug-likeness (QED) is 0.0742. The van der Waals surface area contributed by atoms with Crippen molar-refractivity contribution in [2.45, 2.75) is 122 Å². The van der Waals surface area contributed by atoms with Crippen LogP contribution in [-0.4, -0.2) is 41.6 Å². The van der Waals surface area contributed by atoms with Crippen LogP contribution in [0.4, 0.5) is 0 Å². The Bertz CT molecular complexity index is 461. The van der Waals surface area contributed by atoms with Crippen LogP contribution in [-0.2, 0) is 14.1 Å². The average Bonchev–Trinajstić information content (AvgIpc) is 2.74. The second kappa shape index (κ2) is 26.4. The lowest BCUT2D eigenvalue weighted by Crippen LogP contribution is -2.33. The van der Waals surface area contributed by atoms with Crippen LogP contribution in [0.15, 0.2) is 0 Å². The van der Waals surface area contributed by atoms with Gasteiger partial charge in [-0.25, -0.2) is 4.57 Å². The molecule has 0 aliphatic rings. The highest BCUT2D eigenvalue weighted by Crippen LogP contribution is 2.39. The normalized spacial score (nSPS) is 12.2. The highest BCUT2D eigenvalue weighted by atomic mass is 35.7. The minimum Gasteiger partial charge on any atom is -0.362 e. The Balaban J connectivity index is 0. The summed E-state index contributed by atoms with van der Waals surface area (Å²) in [7, 11) is 0. The van der Waals surface area contributed by atoms with Gasteiger partial charge >= 0.3 is 6.95 Å². The van der Waals surface area contributed by atoms with Gasteiger partial charge in [-0.05, 0) is 12.8 Å². The number of hydrogen-bond donors (Lipinski definition) is 5. The van der Waals surface area contributed by atoms with Gasteiger partial charge in [0.1, 0.15) is 6.23 Å². The van der Waals surface area contributed by atoms with E-state index in [4.69, 9.17) is 30.6 Å². The largest absolute Gasteiger partial charge is 0.419 e. The Labute approximate surface area is 206 Å². The maximum Gasteiger partial charge on any atom is 0.419 e. The summed E-state index contributed by atoms with van der Waals surface area (Å²) in [5, 5.41) is 2.93. The molecule has 0 saturated heterocycles. The molecule has 8 nitrogen and oxygen atoms in total. The minimum atomic E-state index is -4.17. The van der Waals surface area contributed by atoms with Gasteiger partial charge < -0.3 is 31.3 Å². The molecule has 0 aliphatic carbocycles. The van der Waals surface area contributed by atoms with Gasteiger partial charge in [0, 0.05) is 30.8 Å². The molecule has 0 spiro atoms. The summed E-state index contributed by atoms with van der Waals surface area (Å²) in [5.74, 6) is 0.151. The molecular formula is C23H51ClN3O5P. The molecule has 33 heavy (non-hydrogen) atoms. The number of amides is 1. The monoisotopic (exact) mass is 515 g/mol. The smallest absolute Gasteiger partial charge is 0.362 e. The molecule has 0 rings (SSSR count). The van der Waals surface area contributed by atoms with E-state index in [-0.39, 0.29) is 5.91 Å². The number of unbranched alkanes of at least 4 members (excludes halogenated alkanes) is 14. The van der Waals surface area contributed by atoms with Crippen molar-refractivity contribution in [1.29, 1.82) is 0 Å². The van der Waals surface area contributed by atoms with Gasteiger partial charge in [0.25, 0.3) is 0 Å². The number of nitrogens with two attached hydrogens (primary N) is 2.